The summed E-state index contributed by atoms with van der Waals surface area (Å²) in [6, 6.07) is 18.8. The SMILES string of the molecule is COc1ccc(C)cc1Nc1ccc(NC(=O)Cc2ccccc2)nn1. The van der Waals surface area contributed by atoms with Gasteiger partial charge in [0.05, 0.1) is 19.2 Å². The first kappa shape index (κ1) is 17.4. The van der Waals surface area contributed by atoms with Crippen LogP contribution in [0.4, 0.5) is 17.3 Å². The van der Waals surface area contributed by atoms with Crippen LogP contribution in [0.5, 0.6) is 5.75 Å². The summed E-state index contributed by atoms with van der Waals surface area (Å²) in [5.74, 6) is 1.56. The minimum atomic E-state index is -0.133. The highest BCUT2D eigenvalue weighted by Crippen LogP contribution is 2.27. The number of nitrogens with zero attached hydrogens (tertiary/aromatic N) is 2. The fourth-order valence-electron chi connectivity index (χ4n) is 2.49. The summed E-state index contributed by atoms with van der Waals surface area (Å²) in [6.45, 7) is 2.00. The van der Waals surface area contributed by atoms with Gasteiger partial charge in [-0.1, -0.05) is 36.4 Å². The molecule has 3 aromatic rings. The van der Waals surface area contributed by atoms with E-state index in [1.807, 2.05) is 55.5 Å². The lowest BCUT2D eigenvalue weighted by molar-refractivity contribution is -0.115. The lowest BCUT2D eigenvalue weighted by Crippen LogP contribution is -2.15. The maximum atomic E-state index is 12.1. The molecule has 2 aromatic carbocycles. The number of anilines is 3. The van der Waals surface area contributed by atoms with Crippen LogP contribution < -0.4 is 15.4 Å². The largest absolute Gasteiger partial charge is 0.495 e. The van der Waals surface area contributed by atoms with E-state index in [9.17, 15) is 4.79 Å². The Morgan fingerprint density at radius 2 is 1.73 bits per heavy atom. The fraction of sp³-hybridized carbons (Fsp3) is 0.150. The van der Waals surface area contributed by atoms with Gasteiger partial charge in [0.2, 0.25) is 5.91 Å². The Hall–Kier alpha value is -3.41. The average molecular weight is 348 g/mol. The van der Waals surface area contributed by atoms with E-state index in [4.69, 9.17) is 4.74 Å². The quantitative estimate of drug-likeness (QED) is 0.710. The molecule has 0 bridgehead atoms. The number of nitrogens with one attached hydrogen (secondary N) is 2. The highest BCUT2D eigenvalue weighted by Gasteiger charge is 2.07. The molecule has 26 heavy (non-hydrogen) atoms. The zero-order valence-corrected chi connectivity index (χ0v) is 14.7. The number of aryl methyl sites for hydroxylation is 1. The van der Waals surface area contributed by atoms with Crippen LogP contribution in [-0.4, -0.2) is 23.2 Å². The van der Waals surface area contributed by atoms with E-state index in [1.165, 1.54) is 0 Å². The van der Waals surface area contributed by atoms with E-state index < -0.39 is 0 Å². The second kappa shape index (κ2) is 8.11. The van der Waals surface area contributed by atoms with Gasteiger partial charge >= 0.3 is 0 Å². The van der Waals surface area contributed by atoms with Gasteiger partial charge in [-0.05, 0) is 42.3 Å². The zero-order chi connectivity index (χ0) is 18.4. The third-order valence-electron chi connectivity index (χ3n) is 3.76. The van der Waals surface area contributed by atoms with E-state index in [-0.39, 0.29) is 5.91 Å². The number of benzene rings is 2. The van der Waals surface area contributed by atoms with Crippen molar-refractivity contribution in [1.29, 1.82) is 0 Å². The molecule has 0 aliphatic rings. The number of carbonyl (C=O) groups is 1. The van der Waals surface area contributed by atoms with Crippen LogP contribution in [0.25, 0.3) is 0 Å². The van der Waals surface area contributed by atoms with Gasteiger partial charge in [0.15, 0.2) is 11.6 Å². The first-order valence-corrected chi connectivity index (χ1v) is 8.23. The summed E-state index contributed by atoms with van der Waals surface area (Å²) in [4.78, 5) is 12.1. The van der Waals surface area contributed by atoms with Crippen molar-refractivity contribution in [1.82, 2.24) is 10.2 Å². The normalized spacial score (nSPS) is 10.2. The molecule has 1 amide bonds. The van der Waals surface area contributed by atoms with Gasteiger partial charge in [0.25, 0.3) is 0 Å². The molecule has 0 unspecified atom stereocenters. The van der Waals surface area contributed by atoms with Gasteiger partial charge in [-0.15, -0.1) is 10.2 Å². The van der Waals surface area contributed by atoms with E-state index in [0.29, 0.717) is 18.1 Å². The van der Waals surface area contributed by atoms with Crippen molar-refractivity contribution in [2.75, 3.05) is 17.7 Å². The van der Waals surface area contributed by atoms with Crippen molar-refractivity contribution in [3.05, 3.63) is 71.8 Å². The second-order valence-electron chi connectivity index (χ2n) is 5.84. The van der Waals surface area contributed by atoms with Crippen LogP contribution in [0, 0.1) is 6.92 Å². The number of hydrogen-bond donors (Lipinski definition) is 2. The summed E-state index contributed by atoms with van der Waals surface area (Å²) in [5.41, 5.74) is 2.86. The fourth-order valence-corrected chi connectivity index (χ4v) is 2.49. The molecule has 0 saturated heterocycles. The summed E-state index contributed by atoms with van der Waals surface area (Å²) in [5, 5.41) is 14.1. The van der Waals surface area contributed by atoms with Crippen molar-refractivity contribution in [3.63, 3.8) is 0 Å². The summed E-state index contributed by atoms with van der Waals surface area (Å²) >= 11 is 0. The van der Waals surface area contributed by atoms with Crippen molar-refractivity contribution in [2.24, 2.45) is 0 Å². The van der Waals surface area contributed by atoms with E-state index in [2.05, 4.69) is 20.8 Å². The van der Waals surface area contributed by atoms with Gasteiger partial charge in [-0.25, -0.2) is 0 Å². The Kier molecular flexibility index (Phi) is 5.43. The minimum Gasteiger partial charge on any atom is -0.495 e. The number of methoxy groups -OCH3 is 1. The van der Waals surface area contributed by atoms with Crippen LogP contribution >= 0.6 is 0 Å². The Bertz CT molecular complexity index is 880. The summed E-state index contributed by atoms with van der Waals surface area (Å²) < 4.78 is 5.34. The molecule has 132 valence electrons. The van der Waals surface area contributed by atoms with Crippen LogP contribution in [0.3, 0.4) is 0 Å². The molecule has 0 radical (unpaired) electrons. The monoisotopic (exact) mass is 348 g/mol. The van der Waals surface area contributed by atoms with E-state index in [0.717, 1.165) is 22.6 Å². The third kappa shape index (κ3) is 4.57. The van der Waals surface area contributed by atoms with Crippen LogP contribution in [-0.2, 0) is 11.2 Å². The molecule has 0 atom stereocenters. The molecule has 3 rings (SSSR count). The zero-order valence-electron chi connectivity index (χ0n) is 14.7. The maximum absolute atomic E-state index is 12.1. The molecule has 2 N–H and O–H groups in total. The maximum Gasteiger partial charge on any atom is 0.229 e. The number of hydrogen-bond acceptors (Lipinski definition) is 5. The molecule has 6 nitrogen and oxygen atoms in total. The highest BCUT2D eigenvalue weighted by atomic mass is 16.5. The first-order valence-electron chi connectivity index (χ1n) is 8.23. The average Bonchev–Trinajstić information content (AvgIpc) is 2.64. The Morgan fingerprint density at radius 1 is 1.00 bits per heavy atom. The molecule has 0 aliphatic carbocycles. The molecule has 6 heteroatoms. The number of rotatable bonds is 6. The molecular formula is C20H20N4O2. The van der Waals surface area contributed by atoms with Crippen LogP contribution in [0.1, 0.15) is 11.1 Å². The summed E-state index contributed by atoms with van der Waals surface area (Å²) in [7, 11) is 1.62. The Labute approximate surface area is 152 Å². The van der Waals surface area contributed by atoms with Crippen LogP contribution in [0.15, 0.2) is 60.7 Å². The molecular weight excluding hydrogens is 328 g/mol. The summed E-state index contributed by atoms with van der Waals surface area (Å²) in [6.07, 6.45) is 0.295. The predicted octanol–water partition coefficient (Wildman–Crippen LogP) is 3.72. The van der Waals surface area contributed by atoms with Crippen molar-refractivity contribution < 1.29 is 9.53 Å². The van der Waals surface area contributed by atoms with Gasteiger partial charge in [0, 0.05) is 0 Å². The molecule has 1 heterocycles. The Balaban J connectivity index is 1.63. The highest BCUT2D eigenvalue weighted by molar-refractivity contribution is 5.91. The van der Waals surface area contributed by atoms with Crippen molar-refractivity contribution in [3.8, 4) is 5.75 Å². The smallest absolute Gasteiger partial charge is 0.229 e. The third-order valence-corrected chi connectivity index (χ3v) is 3.76. The van der Waals surface area contributed by atoms with Gasteiger partial charge < -0.3 is 15.4 Å². The molecule has 0 saturated carbocycles. The lowest BCUT2D eigenvalue weighted by atomic mass is 10.1. The van der Waals surface area contributed by atoms with E-state index >= 15 is 0 Å². The number of amides is 1. The Morgan fingerprint density at radius 3 is 2.42 bits per heavy atom. The van der Waals surface area contributed by atoms with Gasteiger partial charge in [-0.2, -0.15) is 0 Å². The van der Waals surface area contributed by atoms with Crippen molar-refractivity contribution in [2.45, 2.75) is 13.3 Å². The van der Waals surface area contributed by atoms with Crippen LogP contribution in [0.2, 0.25) is 0 Å². The topological polar surface area (TPSA) is 76.1 Å². The molecule has 0 fully saturated rings. The van der Waals surface area contributed by atoms with Crippen molar-refractivity contribution >= 4 is 23.2 Å². The number of aromatic nitrogens is 2. The number of carbonyl (C=O) groups excluding carboxylic acids is 1. The molecule has 1 aromatic heterocycles. The standard InChI is InChI=1S/C20H20N4O2/c1-14-8-9-17(26-2)16(12-14)21-18-10-11-19(24-23-18)22-20(25)13-15-6-4-3-5-7-15/h3-12H,13H2,1-2H3,(H,21,23)(H,22,24,25). The van der Waals surface area contributed by atoms with Gasteiger partial charge in [0.1, 0.15) is 5.75 Å². The second-order valence-corrected chi connectivity index (χ2v) is 5.84. The first-order chi connectivity index (χ1) is 12.6. The minimum absolute atomic E-state index is 0.133. The molecule has 0 aliphatic heterocycles. The lowest BCUT2D eigenvalue weighted by Gasteiger charge is -2.11. The van der Waals surface area contributed by atoms with E-state index in [1.54, 1.807) is 19.2 Å². The predicted molar refractivity (Wildman–Crippen MR) is 102 cm³/mol. The molecule has 0 spiro atoms. The number of ether oxygens (including phenoxy) is 1. The van der Waals surface area contributed by atoms with Gasteiger partial charge in [-0.3, -0.25) is 4.79 Å².